The monoisotopic (exact) mass is 1140 g/mol. The number of carbonyl (C=O) groups is 3. The zero-order chi connectivity index (χ0) is 57.5. The van der Waals surface area contributed by atoms with Gasteiger partial charge in [-0.1, -0.05) is 322 Å². The Labute approximate surface area is 488 Å². The smallest absolute Gasteiger partial charge is 0.472 e. The van der Waals surface area contributed by atoms with Gasteiger partial charge in [-0.3, -0.25) is 13.8 Å². The van der Waals surface area contributed by atoms with Gasteiger partial charge < -0.3 is 29.2 Å². The minimum Gasteiger partial charge on any atom is -0.495 e. The molecule has 0 radical (unpaired) electrons. The molecule has 0 bridgehead atoms. The largest absolute Gasteiger partial charge is 0.495 e. The van der Waals surface area contributed by atoms with E-state index in [-0.39, 0.29) is 38.8 Å². The van der Waals surface area contributed by atoms with Crippen molar-refractivity contribution >= 4 is 26.2 Å². The number of ether oxygens (including phenoxy) is 3. The lowest BCUT2D eigenvalue weighted by Gasteiger charge is -2.21. The Morgan fingerprint density at radius 2 is 0.759 bits per heavy atom. The number of hydrogen-bond acceptors (Lipinski definition) is 9. The highest BCUT2D eigenvalue weighted by molar-refractivity contribution is 7.47. The fourth-order valence-electron chi connectivity index (χ4n) is 10.4. The van der Waals surface area contributed by atoms with Crippen LogP contribution in [0, 0.1) is 0 Å². The molecule has 0 heterocycles. The van der Waals surface area contributed by atoms with Crippen molar-refractivity contribution in [2.45, 2.75) is 367 Å². The van der Waals surface area contributed by atoms with E-state index in [1.54, 1.807) is 0 Å². The third-order valence-corrected chi connectivity index (χ3v) is 16.5. The van der Waals surface area contributed by atoms with E-state index >= 15 is 0 Å². The molecule has 12 heteroatoms. The van der Waals surface area contributed by atoms with Crippen molar-refractivity contribution < 1.29 is 47.1 Å². The van der Waals surface area contributed by atoms with Crippen molar-refractivity contribution in [3.05, 3.63) is 12.3 Å². The molecule has 0 fully saturated rings. The van der Waals surface area contributed by atoms with E-state index in [0.717, 1.165) is 70.5 Å². The molecule has 11 nitrogen and oxygen atoms in total. The number of amides is 1. The number of phosphoric acid groups is 1. The lowest BCUT2D eigenvalue weighted by molar-refractivity contribution is -0.153. The van der Waals surface area contributed by atoms with Gasteiger partial charge in [-0.15, -0.1) is 0 Å². The first-order valence-electron chi connectivity index (χ1n) is 34.2. The van der Waals surface area contributed by atoms with Crippen molar-refractivity contribution in [2.75, 3.05) is 33.0 Å². The lowest BCUT2D eigenvalue weighted by atomic mass is 10.0. The highest BCUT2D eigenvalue weighted by Crippen LogP contribution is 2.43. The summed E-state index contributed by atoms with van der Waals surface area (Å²) in [5.41, 5.74) is 0. The average molecular weight is 1140 g/mol. The normalized spacial score (nSPS) is 12.6. The Hall–Kier alpha value is -1.94. The van der Waals surface area contributed by atoms with E-state index in [1.165, 1.54) is 270 Å². The molecule has 0 aliphatic rings. The van der Waals surface area contributed by atoms with Crippen molar-refractivity contribution in [3.8, 4) is 0 Å². The number of hydrogen-bond donors (Lipinski definition) is 2. The molecule has 0 spiro atoms. The van der Waals surface area contributed by atoms with E-state index in [2.05, 4.69) is 25.7 Å². The Bertz CT molecular complexity index is 1350. The number of esters is 1. The lowest BCUT2D eigenvalue weighted by Crippen LogP contribution is -2.29. The van der Waals surface area contributed by atoms with Crippen LogP contribution < -0.4 is 5.32 Å². The second-order valence-corrected chi connectivity index (χ2v) is 24.9. The van der Waals surface area contributed by atoms with Crippen LogP contribution in [-0.2, 0) is 37.4 Å². The predicted molar refractivity (Wildman–Crippen MR) is 333 cm³/mol. The third kappa shape index (κ3) is 63.5. The van der Waals surface area contributed by atoms with E-state index in [9.17, 15) is 23.8 Å². The average Bonchev–Trinajstić information content (AvgIpc) is 3.43. The number of carbonyl (C=O) groups excluding carboxylic acids is 3. The van der Waals surface area contributed by atoms with Crippen LogP contribution in [0.1, 0.15) is 361 Å². The van der Waals surface area contributed by atoms with Gasteiger partial charge in [0.2, 0.25) is 0 Å². The van der Waals surface area contributed by atoms with Gasteiger partial charge in [0, 0.05) is 25.8 Å². The van der Waals surface area contributed by atoms with Crippen LogP contribution in [0.5, 0.6) is 0 Å². The number of alkyl carbamates (subject to hydrolysis) is 1. The first-order valence-corrected chi connectivity index (χ1v) is 35.7. The fraction of sp³-hybridized carbons (Fsp3) is 0.925. The van der Waals surface area contributed by atoms with Crippen molar-refractivity contribution in [3.63, 3.8) is 0 Å². The first kappa shape index (κ1) is 77.1. The predicted octanol–water partition coefficient (Wildman–Crippen LogP) is 21.6. The molecule has 0 aliphatic heterocycles. The molecule has 2 atom stereocenters. The summed E-state index contributed by atoms with van der Waals surface area (Å²) in [6, 6.07) is 0. The van der Waals surface area contributed by atoms with E-state index < -0.39 is 20.0 Å². The maximum atomic E-state index is 13.0. The zero-order valence-electron chi connectivity index (χ0n) is 52.1. The maximum absolute atomic E-state index is 13.0. The van der Waals surface area contributed by atoms with Crippen LogP contribution in [-0.4, -0.2) is 62.3 Å². The Balaban J connectivity index is 4.30. The Kier molecular flexibility index (Phi) is 62.1. The van der Waals surface area contributed by atoms with Gasteiger partial charge in [0.1, 0.15) is 12.9 Å². The molecule has 2 unspecified atom stereocenters. The van der Waals surface area contributed by atoms with Crippen LogP contribution in [0.15, 0.2) is 12.3 Å². The SMILES string of the molecule is C=C(CCCCCCCCCCCCCCCCC)OCC(COP(=O)(O)OCCNC(=O)OCCCCCCCCCCCCCCCCCCCCCCCC=O)OC(=O)CCCCCCCCCCCCCCCCC. The second kappa shape index (κ2) is 63.6. The van der Waals surface area contributed by atoms with E-state index in [4.69, 9.17) is 23.3 Å². The Morgan fingerprint density at radius 3 is 1.13 bits per heavy atom. The highest BCUT2D eigenvalue weighted by Gasteiger charge is 2.26. The maximum Gasteiger partial charge on any atom is 0.472 e. The van der Waals surface area contributed by atoms with Gasteiger partial charge in [0.05, 0.1) is 25.6 Å². The molecule has 0 aromatic rings. The second-order valence-electron chi connectivity index (χ2n) is 23.4. The molecule has 1 amide bonds. The van der Waals surface area contributed by atoms with E-state index in [1.807, 2.05) is 0 Å². The number of nitrogens with one attached hydrogen (secondary N) is 1. The van der Waals surface area contributed by atoms with Crippen LogP contribution in [0.4, 0.5) is 4.79 Å². The number of aldehydes is 1. The fourth-order valence-corrected chi connectivity index (χ4v) is 11.2. The van der Waals surface area contributed by atoms with Gasteiger partial charge in [-0.2, -0.15) is 0 Å². The summed E-state index contributed by atoms with van der Waals surface area (Å²) in [5.74, 6) is 0.212. The Morgan fingerprint density at radius 1 is 0.430 bits per heavy atom. The molecule has 2 N–H and O–H groups in total. The van der Waals surface area contributed by atoms with Crippen LogP contribution in [0.2, 0.25) is 0 Å². The molecule has 79 heavy (non-hydrogen) atoms. The molecule has 0 saturated carbocycles. The molecule has 468 valence electrons. The zero-order valence-corrected chi connectivity index (χ0v) is 53.0. The van der Waals surface area contributed by atoms with Crippen LogP contribution in [0.25, 0.3) is 0 Å². The molecule has 0 aromatic carbocycles. The molecule has 0 rings (SSSR count). The molecule has 0 aromatic heterocycles. The summed E-state index contributed by atoms with van der Waals surface area (Å²) >= 11 is 0. The van der Waals surface area contributed by atoms with Gasteiger partial charge in [-0.05, 0) is 25.7 Å². The van der Waals surface area contributed by atoms with Gasteiger partial charge in [-0.25, -0.2) is 9.36 Å². The summed E-state index contributed by atoms with van der Waals surface area (Å²) in [6.07, 6.45) is 65.9. The minimum absolute atomic E-state index is 0.0284. The first-order chi connectivity index (χ1) is 38.7. The van der Waals surface area contributed by atoms with Crippen molar-refractivity contribution in [1.29, 1.82) is 0 Å². The summed E-state index contributed by atoms with van der Waals surface area (Å²) in [6.45, 7) is 8.25. The summed E-state index contributed by atoms with van der Waals surface area (Å²) in [4.78, 5) is 46.0. The summed E-state index contributed by atoms with van der Waals surface area (Å²) in [7, 11) is -4.53. The topological polar surface area (TPSA) is 147 Å². The quantitative estimate of drug-likeness (QED) is 0.0198. The van der Waals surface area contributed by atoms with Gasteiger partial charge in [0.15, 0.2) is 6.10 Å². The third-order valence-electron chi connectivity index (χ3n) is 15.6. The van der Waals surface area contributed by atoms with Crippen molar-refractivity contribution in [1.82, 2.24) is 5.32 Å². The number of allylic oxidation sites excluding steroid dienone is 1. The van der Waals surface area contributed by atoms with Crippen LogP contribution in [0.3, 0.4) is 0 Å². The molecular weight excluding hydrogens is 1010 g/mol. The van der Waals surface area contributed by atoms with Gasteiger partial charge >= 0.3 is 19.9 Å². The van der Waals surface area contributed by atoms with Gasteiger partial charge in [0.25, 0.3) is 0 Å². The number of rotatable bonds is 67. The van der Waals surface area contributed by atoms with Crippen molar-refractivity contribution in [2.24, 2.45) is 0 Å². The number of phosphoric ester groups is 1. The molecule has 0 saturated heterocycles. The van der Waals surface area contributed by atoms with Crippen LogP contribution >= 0.6 is 7.82 Å². The number of unbranched alkanes of at least 4 members (excludes halogenated alkanes) is 49. The molecule has 0 aliphatic carbocycles. The summed E-state index contributed by atoms with van der Waals surface area (Å²) in [5, 5.41) is 2.57. The van der Waals surface area contributed by atoms with E-state index in [0.29, 0.717) is 18.8 Å². The molecular formula is C67H130NO10P. The standard InChI is InChI=1S/C67H130NO10P/c1-4-6-8-10-12-14-16-18-28-32-36-40-44-48-52-56-64(3)75-62-65(78-66(70)57-53-49-45-41-37-33-29-19-17-15-13-11-9-7-5-2)63-77-79(72,73)76-61-58-68-67(71)74-60-55-51-47-43-39-35-31-27-25-23-21-20-22-24-26-30-34-38-42-46-50-54-59-69/h59,65H,3-58,60-63H2,1-2H3,(H,68,71)(H,72,73). The minimum atomic E-state index is -4.53. The summed E-state index contributed by atoms with van der Waals surface area (Å²) < 4.78 is 40.2. The highest BCUT2D eigenvalue weighted by atomic mass is 31.2.